The third kappa shape index (κ3) is 5.13. The molecule has 0 heterocycles. The Morgan fingerprint density at radius 1 is 1.35 bits per heavy atom. The Morgan fingerprint density at radius 2 is 2.04 bits per heavy atom. The van der Waals surface area contributed by atoms with Gasteiger partial charge in [0.05, 0.1) is 19.3 Å². The number of unbranched alkanes of at least 4 members (excludes halogenated alkanes) is 1. The van der Waals surface area contributed by atoms with Gasteiger partial charge in [-0.25, -0.2) is 0 Å². The molecule has 0 saturated carbocycles. The highest BCUT2D eigenvalue weighted by Gasteiger charge is 2.29. The molecule has 1 amide bonds. The molecule has 0 aliphatic rings. The maximum atomic E-state index is 12.5. The number of hydrogen-bond donors (Lipinski definition) is 2. The number of carbonyl (C=O) groups excluding carboxylic acids is 1. The zero-order chi connectivity index (χ0) is 17.5. The first-order valence-electron chi connectivity index (χ1n) is 8.21. The molecule has 1 atom stereocenters. The van der Waals surface area contributed by atoms with E-state index in [1.165, 1.54) is 0 Å². The van der Waals surface area contributed by atoms with E-state index in [0.29, 0.717) is 30.2 Å². The van der Waals surface area contributed by atoms with Crippen LogP contribution in [0.15, 0.2) is 18.2 Å². The lowest BCUT2D eigenvalue weighted by atomic mass is 9.88. The highest BCUT2D eigenvalue weighted by molar-refractivity contribution is 5.95. The van der Waals surface area contributed by atoms with E-state index in [-0.39, 0.29) is 11.8 Å². The normalized spacial score (nSPS) is 13.5. The van der Waals surface area contributed by atoms with E-state index in [9.17, 15) is 4.79 Å². The molecule has 0 bridgehead atoms. The second kappa shape index (κ2) is 8.77. The molecular formula is C18H30N2O3. The van der Waals surface area contributed by atoms with E-state index in [1.807, 2.05) is 20.8 Å². The van der Waals surface area contributed by atoms with Gasteiger partial charge in [0.2, 0.25) is 0 Å². The average Bonchev–Trinajstić information content (AvgIpc) is 2.54. The predicted molar refractivity (Wildman–Crippen MR) is 93.2 cm³/mol. The number of ether oxygens (including phenoxy) is 2. The number of rotatable bonds is 9. The summed E-state index contributed by atoms with van der Waals surface area (Å²) in [5, 5.41) is 3.02. The topological polar surface area (TPSA) is 73.6 Å². The van der Waals surface area contributed by atoms with Crippen molar-refractivity contribution in [3.05, 3.63) is 23.8 Å². The summed E-state index contributed by atoms with van der Waals surface area (Å²) in [6, 6.07) is 5.23. The summed E-state index contributed by atoms with van der Waals surface area (Å²) in [6.07, 6.45) is 2.05. The van der Waals surface area contributed by atoms with Crippen molar-refractivity contribution in [3.8, 4) is 11.5 Å². The minimum atomic E-state index is -0.444. The Morgan fingerprint density at radius 3 is 2.57 bits per heavy atom. The van der Waals surface area contributed by atoms with Crippen molar-refractivity contribution in [2.45, 2.75) is 46.1 Å². The highest BCUT2D eigenvalue weighted by atomic mass is 16.5. The number of methoxy groups -OCH3 is 1. The summed E-state index contributed by atoms with van der Waals surface area (Å²) in [4.78, 5) is 12.5. The number of nitrogens with one attached hydrogen (secondary N) is 1. The predicted octanol–water partition coefficient (Wildman–Crippen LogP) is 2.98. The van der Waals surface area contributed by atoms with E-state index >= 15 is 0 Å². The van der Waals surface area contributed by atoms with Crippen LogP contribution in [0.4, 0.5) is 0 Å². The molecule has 0 aliphatic carbocycles. The van der Waals surface area contributed by atoms with Crippen molar-refractivity contribution < 1.29 is 14.3 Å². The third-order valence-corrected chi connectivity index (χ3v) is 4.28. The van der Waals surface area contributed by atoms with Gasteiger partial charge in [0, 0.05) is 12.1 Å². The Balaban J connectivity index is 2.90. The molecule has 23 heavy (non-hydrogen) atoms. The fourth-order valence-electron chi connectivity index (χ4n) is 2.02. The van der Waals surface area contributed by atoms with Gasteiger partial charge in [-0.15, -0.1) is 0 Å². The molecule has 5 nitrogen and oxygen atoms in total. The van der Waals surface area contributed by atoms with Gasteiger partial charge in [0.25, 0.3) is 5.91 Å². The molecule has 1 rings (SSSR count). The lowest BCUT2D eigenvalue weighted by Gasteiger charge is -2.33. The van der Waals surface area contributed by atoms with Crippen LogP contribution in [0.25, 0.3) is 0 Å². The van der Waals surface area contributed by atoms with Gasteiger partial charge in [-0.1, -0.05) is 27.2 Å². The molecule has 130 valence electrons. The zero-order valence-corrected chi connectivity index (χ0v) is 14.9. The van der Waals surface area contributed by atoms with Crippen LogP contribution in [0.1, 0.15) is 50.9 Å². The molecule has 0 radical (unpaired) electrons. The van der Waals surface area contributed by atoms with Gasteiger partial charge in [0.1, 0.15) is 0 Å². The molecule has 0 spiro atoms. The first-order chi connectivity index (χ1) is 10.9. The van der Waals surface area contributed by atoms with Crippen LogP contribution in [0, 0.1) is 5.92 Å². The Labute approximate surface area is 139 Å². The fourth-order valence-corrected chi connectivity index (χ4v) is 2.02. The van der Waals surface area contributed by atoms with Crippen molar-refractivity contribution in [2.75, 3.05) is 20.3 Å². The molecule has 3 N–H and O–H groups in total. The van der Waals surface area contributed by atoms with Crippen LogP contribution in [0.3, 0.4) is 0 Å². The van der Waals surface area contributed by atoms with E-state index < -0.39 is 5.54 Å². The Hall–Kier alpha value is -1.75. The van der Waals surface area contributed by atoms with Crippen molar-refractivity contribution in [1.82, 2.24) is 5.32 Å². The monoisotopic (exact) mass is 322 g/mol. The summed E-state index contributed by atoms with van der Waals surface area (Å²) < 4.78 is 11.0. The van der Waals surface area contributed by atoms with E-state index in [4.69, 9.17) is 15.2 Å². The largest absolute Gasteiger partial charge is 0.493 e. The quantitative estimate of drug-likeness (QED) is 0.686. The van der Waals surface area contributed by atoms with Gasteiger partial charge in [-0.2, -0.15) is 0 Å². The number of hydrogen-bond acceptors (Lipinski definition) is 4. The third-order valence-electron chi connectivity index (χ3n) is 4.28. The second-order valence-electron chi connectivity index (χ2n) is 6.30. The van der Waals surface area contributed by atoms with Crippen LogP contribution in [0.2, 0.25) is 0 Å². The molecule has 0 aromatic heterocycles. The summed E-state index contributed by atoms with van der Waals surface area (Å²) in [5.41, 5.74) is 5.91. The van der Waals surface area contributed by atoms with Gasteiger partial charge >= 0.3 is 0 Å². The molecule has 1 aromatic rings. The smallest absolute Gasteiger partial charge is 0.251 e. The number of amides is 1. The maximum Gasteiger partial charge on any atom is 0.251 e. The summed E-state index contributed by atoms with van der Waals surface area (Å²) in [5.74, 6) is 1.29. The average molecular weight is 322 g/mol. The van der Waals surface area contributed by atoms with Crippen LogP contribution in [-0.4, -0.2) is 31.7 Å². The van der Waals surface area contributed by atoms with Crippen LogP contribution in [-0.2, 0) is 0 Å². The Bertz CT molecular complexity index is 517. The van der Waals surface area contributed by atoms with Crippen LogP contribution in [0.5, 0.6) is 11.5 Å². The first kappa shape index (κ1) is 19.3. The van der Waals surface area contributed by atoms with Crippen molar-refractivity contribution in [2.24, 2.45) is 11.7 Å². The zero-order valence-electron chi connectivity index (χ0n) is 14.9. The molecule has 0 saturated heterocycles. The summed E-state index contributed by atoms with van der Waals surface area (Å²) >= 11 is 0. The van der Waals surface area contributed by atoms with Gasteiger partial charge < -0.3 is 20.5 Å². The minimum absolute atomic E-state index is 0.162. The maximum absolute atomic E-state index is 12.5. The summed E-state index contributed by atoms with van der Waals surface area (Å²) in [7, 11) is 1.57. The van der Waals surface area contributed by atoms with Gasteiger partial charge in [0.15, 0.2) is 11.5 Å². The number of nitrogens with two attached hydrogens (primary N) is 1. The highest BCUT2D eigenvalue weighted by Crippen LogP contribution is 2.28. The minimum Gasteiger partial charge on any atom is -0.493 e. The van der Waals surface area contributed by atoms with E-state index in [0.717, 1.165) is 12.8 Å². The van der Waals surface area contributed by atoms with Crippen molar-refractivity contribution >= 4 is 5.91 Å². The van der Waals surface area contributed by atoms with Crippen molar-refractivity contribution in [1.29, 1.82) is 0 Å². The van der Waals surface area contributed by atoms with E-state index in [2.05, 4.69) is 12.2 Å². The number of carbonyl (C=O) groups is 1. The fraction of sp³-hybridized carbons (Fsp3) is 0.611. The van der Waals surface area contributed by atoms with Gasteiger partial charge in [-0.3, -0.25) is 4.79 Å². The second-order valence-corrected chi connectivity index (χ2v) is 6.30. The molecular weight excluding hydrogens is 292 g/mol. The lowest BCUT2D eigenvalue weighted by molar-refractivity contribution is 0.0883. The molecule has 0 aliphatic heterocycles. The van der Waals surface area contributed by atoms with Crippen LogP contribution >= 0.6 is 0 Å². The van der Waals surface area contributed by atoms with E-state index in [1.54, 1.807) is 25.3 Å². The van der Waals surface area contributed by atoms with Crippen LogP contribution < -0.4 is 20.5 Å². The molecule has 0 fully saturated rings. The SMILES string of the molecule is CCCCOc1ccc(C(=O)NC(C)(CN)C(C)C)cc1OC. The molecule has 1 unspecified atom stereocenters. The molecule has 1 aromatic carbocycles. The molecule has 5 heteroatoms. The summed E-state index contributed by atoms with van der Waals surface area (Å²) in [6.45, 7) is 9.16. The Kier molecular flexibility index (Phi) is 7.36. The lowest BCUT2D eigenvalue weighted by Crippen LogP contribution is -2.55. The van der Waals surface area contributed by atoms with Gasteiger partial charge in [-0.05, 0) is 37.5 Å². The number of benzene rings is 1. The standard InChI is InChI=1S/C18H30N2O3/c1-6-7-10-23-15-9-8-14(11-16(15)22-5)17(21)20-18(4,12-19)13(2)3/h8-9,11,13H,6-7,10,12,19H2,1-5H3,(H,20,21). The van der Waals surface area contributed by atoms with Crippen molar-refractivity contribution in [3.63, 3.8) is 0 Å². The first-order valence-corrected chi connectivity index (χ1v) is 8.21.